The number of carbonyl (C=O) groups excluding carboxylic acids is 1. The predicted octanol–water partition coefficient (Wildman–Crippen LogP) is 5.92. The molecule has 0 aliphatic carbocycles. The molecule has 0 bridgehead atoms. The van der Waals surface area contributed by atoms with Gasteiger partial charge in [0.25, 0.3) is 5.91 Å². The van der Waals surface area contributed by atoms with Crippen molar-refractivity contribution in [2.24, 2.45) is 0 Å². The fourth-order valence-electron chi connectivity index (χ4n) is 3.86. The fourth-order valence-corrected chi connectivity index (χ4v) is 3.86. The number of hydrogen-bond acceptors (Lipinski definition) is 2. The molecule has 1 N–H and O–H groups in total. The minimum atomic E-state index is -0.376. The maximum atomic E-state index is 13.2. The van der Waals surface area contributed by atoms with Crippen molar-refractivity contribution in [1.29, 1.82) is 0 Å². The Labute approximate surface area is 171 Å². The molecule has 1 atom stereocenters. The van der Waals surface area contributed by atoms with Crippen LogP contribution in [-0.2, 0) is 11.2 Å². The molecule has 4 rings (SSSR count). The molecule has 0 fully saturated rings. The van der Waals surface area contributed by atoms with Crippen LogP contribution in [0.1, 0.15) is 40.8 Å². The summed E-state index contributed by atoms with van der Waals surface area (Å²) in [7, 11) is 0. The Balaban J connectivity index is 1.88. The normalized spacial score (nSPS) is 16.6. The van der Waals surface area contributed by atoms with E-state index >= 15 is 0 Å². The SMILES string of the molecule is CCc1ccc([C@@H]2C(c3ccc(C)cc3)=C(O)C(=O)N2c2ccc(C)cc2)cc1. The van der Waals surface area contributed by atoms with Gasteiger partial charge < -0.3 is 5.11 Å². The number of aryl methyl sites for hydroxylation is 3. The highest BCUT2D eigenvalue weighted by Crippen LogP contribution is 2.45. The largest absolute Gasteiger partial charge is 0.503 e. The van der Waals surface area contributed by atoms with E-state index in [9.17, 15) is 9.90 Å². The van der Waals surface area contributed by atoms with Gasteiger partial charge in [-0.1, -0.05) is 78.7 Å². The third-order valence-corrected chi connectivity index (χ3v) is 5.59. The lowest BCUT2D eigenvalue weighted by Crippen LogP contribution is -2.30. The summed E-state index contributed by atoms with van der Waals surface area (Å²) in [6, 6.07) is 23.7. The van der Waals surface area contributed by atoms with Crippen LogP contribution in [0, 0.1) is 13.8 Å². The number of rotatable bonds is 4. The zero-order valence-corrected chi connectivity index (χ0v) is 17.0. The lowest BCUT2D eigenvalue weighted by atomic mass is 9.92. The molecule has 146 valence electrons. The van der Waals surface area contributed by atoms with Crippen LogP contribution in [0.2, 0.25) is 0 Å². The summed E-state index contributed by atoms with van der Waals surface area (Å²) in [5, 5.41) is 10.9. The van der Waals surface area contributed by atoms with Crippen LogP contribution in [0.25, 0.3) is 5.57 Å². The Bertz CT molecular complexity index is 1060. The van der Waals surface area contributed by atoms with Crippen molar-refractivity contribution in [2.75, 3.05) is 4.90 Å². The predicted molar refractivity (Wildman–Crippen MR) is 118 cm³/mol. The van der Waals surface area contributed by atoms with Gasteiger partial charge in [0.15, 0.2) is 5.76 Å². The Kier molecular flexibility index (Phi) is 4.98. The molecule has 1 aliphatic heterocycles. The van der Waals surface area contributed by atoms with Gasteiger partial charge >= 0.3 is 0 Å². The first-order valence-corrected chi connectivity index (χ1v) is 9.99. The second kappa shape index (κ2) is 7.59. The fraction of sp³-hybridized carbons (Fsp3) is 0.192. The van der Waals surface area contributed by atoms with Crippen LogP contribution in [0.15, 0.2) is 78.6 Å². The van der Waals surface area contributed by atoms with Gasteiger partial charge in [-0.25, -0.2) is 0 Å². The molecule has 0 aromatic heterocycles. The molecule has 0 unspecified atom stereocenters. The van der Waals surface area contributed by atoms with Gasteiger partial charge in [0.05, 0.1) is 6.04 Å². The first-order valence-electron chi connectivity index (χ1n) is 9.99. The summed E-state index contributed by atoms with van der Waals surface area (Å²) >= 11 is 0. The lowest BCUT2D eigenvalue weighted by Gasteiger charge is -2.28. The Morgan fingerprint density at radius 3 is 1.93 bits per heavy atom. The number of amides is 1. The number of aliphatic hydroxyl groups is 1. The van der Waals surface area contributed by atoms with Gasteiger partial charge in [-0.15, -0.1) is 0 Å². The molecule has 3 aromatic carbocycles. The third-order valence-electron chi connectivity index (χ3n) is 5.59. The summed E-state index contributed by atoms with van der Waals surface area (Å²) in [6.07, 6.45) is 0.956. The van der Waals surface area contributed by atoms with E-state index in [1.807, 2.05) is 62.4 Å². The highest BCUT2D eigenvalue weighted by molar-refractivity contribution is 6.16. The quantitative estimate of drug-likeness (QED) is 0.607. The molecule has 0 saturated carbocycles. The van der Waals surface area contributed by atoms with Crippen LogP contribution >= 0.6 is 0 Å². The highest BCUT2D eigenvalue weighted by Gasteiger charge is 2.41. The molecule has 29 heavy (non-hydrogen) atoms. The first-order chi connectivity index (χ1) is 14.0. The van der Waals surface area contributed by atoms with Gasteiger partial charge in [0.2, 0.25) is 0 Å². The van der Waals surface area contributed by atoms with Crippen molar-refractivity contribution in [3.05, 3.63) is 106 Å². The maximum Gasteiger partial charge on any atom is 0.294 e. The smallest absolute Gasteiger partial charge is 0.294 e. The molecule has 0 radical (unpaired) electrons. The van der Waals surface area contributed by atoms with Crippen LogP contribution in [0.4, 0.5) is 5.69 Å². The van der Waals surface area contributed by atoms with Gasteiger partial charge in [0, 0.05) is 11.3 Å². The number of nitrogens with zero attached hydrogens (tertiary/aromatic N) is 1. The van der Waals surface area contributed by atoms with Gasteiger partial charge in [0.1, 0.15) is 0 Å². The number of benzene rings is 3. The summed E-state index contributed by atoms with van der Waals surface area (Å²) in [4.78, 5) is 14.9. The zero-order valence-electron chi connectivity index (χ0n) is 17.0. The molecule has 0 saturated heterocycles. The summed E-state index contributed by atoms with van der Waals surface area (Å²) in [5.74, 6) is -0.548. The molecule has 3 aromatic rings. The average molecular weight is 383 g/mol. The molecule has 1 amide bonds. The standard InChI is InChI=1S/C26H25NO2/c1-4-19-9-13-21(14-10-19)24-23(20-11-5-17(2)6-12-20)25(28)26(29)27(24)22-15-7-18(3)8-16-22/h5-16,24,28H,4H2,1-3H3/t24-/m1/s1. The van der Waals surface area contributed by atoms with E-state index in [1.165, 1.54) is 5.56 Å². The van der Waals surface area contributed by atoms with E-state index in [4.69, 9.17) is 0 Å². The van der Waals surface area contributed by atoms with Gasteiger partial charge in [-0.2, -0.15) is 0 Å². The Morgan fingerprint density at radius 2 is 1.38 bits per heavy atom. The molecular weight excluding hydrogens is 358 g/mol. The monoisotopic (exact) mass is 383 g/mol. The number of hydrogen-bond donors (Lipinski definition) is 1. The summed E-state index contributed by atoms with van der Waals surface area (Å²) in [5.41, 5.74) is 6.78. The van der Waals surface area contributed by atoms with E-state index in [-0.39, 0.29) is 17.7 Å². The van der Waals surface area contributed by atoms with E-state index in [0.717, 1.165) is 34.4 Å². The average Bonchev–Trinajstić information content (AvgIpc) is 3.00. The molecular formula is C26H25NO2. The molecule has 0 spiro atoms. The van der Waals surface area contributed by atoms with Gasteiger partial charge in [-0.05, 0) is 49.1 Å². The van der Waals surface area contributed by atoms with Crippen molar-refractivity contribution < 1.29 is 9.90 Å². The van der Waals surface area contributed by atoms with Crippen LogP contribution in [0.5, 0.6) is 0 Å². The molecule has 1 aliphatic rings. The van der Waals surface area contributed by atoms with Crippen LogP contribution in [0.3, 0.4) is 0 Å². The van der Waals surface area contributed by atoms with Gasteiger partial charge in [-0.3, -0.25) is 9.69 Å². The lowest BCUT2D eigenvalue weighted by molar-refractivity contribution is -0.117. The topological polar surface area (TPSA) is 40.5 Å². The van der Waals surface area contributed by atoms with Crippen LogP contribution < -0.4 is 4.90 Å². The second-order valence-corrected chi connectivity index (χ2v) is 7.64. The summed E-state index contributed by atoms with van der Waals surface area (Å²) in [6.45, 7) is 6.16. The van der Waals surface area contributed by atoms with E-state index < -0.39 is 0 Å². The van der Waals surface area contributed by atoms with Crippen LogP contribution in [-0.4, -0.2) is 11.0 Å². The molecule has 3 heteroatoms. The maximum absolute atomic E-state index is 13.2. The third kappa shape index (κ3) is 3.44. The number of anilines is 1. The van der Waals surface area contributed by atoms with E-state index in [0.29, 0.717) is 5.57 Å². The van der Waals surface area contributed by atoms with Crippen molar-refractivity contribution in [3.63, 3.8) is 0 Å². The Morgan fingerprint density at radius 1 is 0.828 bits per heavy atom. The highest BCUT2D eigenvalue weighted by atomic mass is 16.3. The number of carbonyl (C=O) groups is 1. The second-order valence-electron chi connectivity index (χ2n) is 7.64. The molecule has 3 nitrogen and oxygen atoms in total. The van der Waals surface area contributed by atoms with E-state index in [1.54, 1.807) is 4.90 Å². The molecule has 1 heterocycles. The first kappa shape index (κ1) is 19.0. The van der Waals surface area contributed by atoms with E-state index in [2.05, 4.69) is 31.2 Å². The van der Waals surface area contributed by atoms with Crippen molar-refractivity contribution in [3.8, 4) is 0 Å². The minimum absolute atomic E-state index is 0.181. The zero-order chi connectivity index (χ0) is 20.5. The van der Waals surface area contributed by atoms with Crippen molar-refractivity contribution >= 4 is 17.2 Å². The van der Waals surface area contributed by atoms with Crippen molar-refractivity contribution in [2.45, 2.75) is 33.2 Å². The Hall–Kier alpha value is -3.33. The summed E-state index contributed by atoms with van der Waals surface area (Å²) < 4.78 is 0. The minimum Gasteiger partial charge on any atom is -0.503 e. The van der Waals surface area contributed by atoms with Crippen molar-refractivity contribution in [1.82, 2.24) is 0 Å². The number of aliphatic hydroxyl groups excluding tert-OH is 1.